The van der Waals surface area contributed by atoms with Crippen molar-refractivity contribution in [3.05, 3.63) is 71.9 Å². The fourth-order valence-corrected chi connectivity index (χ4v) is 5.06. The molecule has 0 radical (unpaired) electrons. The Labute approximate surface area is 156 Å². The van der Waals surface area contributed by atoms with Crippen LogP contribution in [0.4, 0.5) is 0 Å². The Hall–Kier alpha value is -2.06. The maximum Gasteiger partial charge on any atom is 0.0482 e. The van der Waals surface area contributed by atoms with Crippen LogP contribution in [0.5, 0.6) is 0 Å². The Morgan fingerprint density at radius 3 is 2.27 bits per heavy atom. The van der Waals surface area contributed by atoms with Crippen LogP contribution >= 0.6 is 0 Å². The molecule has 5 rings (SSSR count). The predicted molar refractivity (Wildman–Crippen MR) is 109 cm³/mol. The third-order valence-corrected chi connectivity index (χ3v) is 6.57. The molecule has 2 heterocycles. The van der Waals surface area contributed by atoms with Crippen molar-refractivity contribution >= 4 is 10.9 Å². The van der Waals surface area contributed by atoms with E-state index in [1.54, 1.807) is 11.1 Å². The quantitative estimate of drug-likeness (QED) is 0.640. The molecule has 0 amide bonds. The number of fused-ring (bicyclic) bond motifs is 2. The van der Waals surface area contributed by atoms with Crippen molar-refractivity contribution in [2.45, 2.75) is 38.1 Å². The Balaban J connectivity index is 1.14. The summed E-state index contributed by atoms with van der Waals surface area (Å²) in [5.41, 5.74) is 4.58. The van der Waals surface area contributed by atoms with Crippen molar-refractivity contribution in [2.75, 3.05) is 19.6 Å². The number of para-hydroxylation sites is 1. The smallest absolute Gasteiger partial charge is 0.0482 e. The van der Waals surface area contributed by atoms with E-state index in [4.69, 9.17) is 0 Å². The van der Waals surface area contributed by atoms with E-state index in [2.05, 4.69) is 70.3 Å². The van der Waals surface area contributed by atoms with Crippen molar-refractivity contribution in [3.63, 3.8) is 0 Å². The number of rotatable bonds is 4. The molecule has 0 N–H and O–H groups in total. The summed E-state index contributed by atoms with van der Waals surface area (Å²) in [4.78, 5) is 2.70. The van der Waals surface area contributed by atoms with Crippen molar-refractivity contribution < 1.29 is 0 Å². The molecule has 1 saturated heterocycles. The first-order chi connectivity index (χ1) is 12.9. The van der Waals surface area contributed by atoms with E-state index in [0.717, 1.165) is 5.92 Å². The van der Waals surface area contributed by atoms with Crippen LogP contribution in [0.3, 0.4) is 0 Å². The van der Waals surface area contributed by atoms with Crippen LogP contribution in [0.25, 0.3) is 10.9 Å². The predicted octanol–water partition coefficient (Wildman–Crippen LogP) is 5.08. The van der Waals surface area contributed by atoms with Gasteiger partial charge in [0.2, 0.25) is 0 Å². The minimum atomic E-state index is 0.668. The topological polar surface area (TPSA) is 8.17 Å². The summed E-state index contributed by atoms with van der Waals surface area (Å²) in [7, 11) is 0. The minimum absolute atomic E-state index is 0.668. The summed E-state index contributed by atoms with van der Waals surface area (Å²) in [5, 5.41) is 1.37. The van der Waals surface area contributed by atoms with Gasteiger partial charge in [-0.15, -0.1) is 0 Å². The van der Waals surface area contributed by atoms with Crippen LogP contribution in [-0.2, 0) is 12.8 Å². The fraction of sp³-hybridized carbons (Fsp3) is 0.417. The molecular weight excluding hydrogens is 316 g/mol. The van der Waals surface area contributed by atoms with E-state index in [1.165, 1.54) is 62.6 Å². The Morgan fingerprint density at radius 1 is 0.808 bits per heavy atom. The SMILES string of the molecule is c1ccc2c(c1)CC(CCN1CCC(n3ccc4ccccc43)CC1)C2. The molecule has 0 saturated carbocycles. The van der Waals surface area contributed by atoms with E-state index in [9.17, 15) is 0 Å². The number of hydrogen-bond donors (Lipinski definition) is 0. The second-order valence-corrected chi connectivity index (χ2v) is 8.19. The maximum absolute atomic E-state index is 2.70. The van der Waals surface area contributed by atoms with Gasteiger partial charge in [0.25, 0.3) is 0 Å². The first kappa shape index (κ1) is 16.1. The largest absolute Gasteiger partial charge is 0.344 e. The van der Waals surface area contributed by atoms with Crippen LogP contribution < -0.4 is 0 Å². The zero-order valence-electron chi connectivity index (χ0n) is 15.5. The number of benzene rings is 2. The second-order valence-electron chi connectivity index (χ2n) is 8.19. The van der Waals surface area contributed by atoms with E-state index in [-0.39, 0.29) is 0 Å². The van der Waals surface area contributed by atoms with Crippen molar-refractivity contribution in [1.82, 2.24) is 9.47 Å². The van der Waals surface area contributed by atoms with Crippen LogP contribution in [-0.4, -0.2) is 29.1 Å². The molecule has 0 unspecified atom stereocenters. The van der Waals surface area contributed by atoms with E-state index < -0.39 is 0 Å². The summed E-state index contributed by atoms with van der Waals surface area (Å²) in [5.74, 6) is 0.860. The highest BCUT2D eigenvalue weighted by Gasteiger charge is 2.24. The molecule has 1 aliphatic heterocycles. The van der Waals surface area contributed by atoms with E-state index in [1.807, 2.05) is 0 Å². The molecule has 0 atom stereocenters. The van der Waals surface area contributed by atoms with Crippen LogP contribution in [0.2, 0.25) is 0 Å². The Kier molecular flexibility index (Phi) is 4.30. The highest BCUT2D eigenvalue weighted by molar-refractivity contribution is 5.80. The summed E-state index contributed by atoms with van der Waals surface area (Å²) in [6, 6.07) is 20.7. The van der Waals surface area contributed by atoms with Gasteiger partial charge in [0.05, 0.1) is 0 Å². The molecule has 2 aromatic carbocycles. The van der Waals surface area contributed by atoms with E-state index >= 15 is 0 Å². The number of piperidine rings is 1. The van der Waals surface area contributed by atoms with E-state index in [0.29, 0.717) is 6.04 Å². The average molecular weight is 345 g/mol. The molecule has 1 fully saturated rings. The van der Waals surface area contributed by atoms with Gasteiger partial charge in [0.15, 0.2) is 0 Å². The first-order valence-electron chi connectivity index (χ1n) is 10.2. The van der Waals surface area contributed by atoms with Gasteiger partial charge in [0.1, 0.15) is 0 Å². The highest BCUT2D eigenvalue weighted by atomic mass is 15.1. The second kappa shape index (κ2) is 6.92. The third kappa shape index (κ3) is 3.07. The Morgan fingerprint density at radius 2 is 1.50 bits per heavy atom. The van der Waals surface area contributed by atoms with Crippen molar-refractivity contribution in [1.29, 1.82) is 0 Å². The average Bonchev–Trinajstić information content (AvgIpc) is 3.30. The molecule has 3 aromatic rings. The van der Waals surface area contributed by atoms with Gasteiger partial charge in [-0.3, -0.25) is 0 Å². The van der Waals surface area contributed by atoms with Gasteiger partial charge >= 0.3 is 0 Å². The van der Waals surface area contributed by atoms with Crippen LogP contribution in [0.15, 0.2) is 60.8 Å². The molecule has 2 nitrogen and oxygen atoms in total. The normalized spacial score (nSPS) is 19.2. The number of aromatic nitrogens is 1. The lowest BCUT2D eigenvalue weighted by Gasteiger charge is -2.33. The molecule has 26 heavy (non-hydrogen) atoms. The van der Waals surface area contributed by atoms with Crippen molar-refractivity contribution in [2.24, 2.45) is 5.92 Å². The summed E-state index contributed by atoms with van der Waals surface area (Å²) >= 11 is 0. The monoisotopic (exact) mass is 344 g/mol. The molecular formula is C24H28N2. The lowest BCUT2D eigenvalue weighted by molar-refractivity contribution is 0.178. The zero-order chi connectivity index (χ0) is 17.3. The lowest BCUT2D eigenvalue weighted by Crippen LogP contribution is -2.35. The molecule has 2 aliphatic rings. The highest BCUT2D eigenvalue weighted by Crippen LogP contribution is 2.30. The number of nitrogens with zero attached hydrogens (tertiary/aromatic N) is 2. The molecule has 0 spiro atoms. The van der Waals surface area contributed by atoms with Gasteiger partial charge < -0.3 is 9.47 Å². The minimum Gasteiger partial charge on any atom is -0.344 e. The Bertz CT molecular complexity index is 861. The van der Waals surface area contributed by atoms with Gasteiger partial charge in [-0.05, 0) is 73.2 Å². The van der Waals surface area contributed by atoms with Crippen LogP contribution in [0.1, 0.15) is 36.4 Å². The summed E-state index contributed by atoms with van der Waals surface area (Å²) in [6.45, 7) is 3.77. The third-order valence-electron chi connectivity index (χ3n) is 6.57. The zero-order valence-corrected chi connectivity index (χ0v) is 15.5. The van der Waals surface area contributed by atoms with Crippen LogP contribution in [0, 0.1) is 5.92 Å². The van der Waals surface area contributed by atoms with Gasteiger partial charge in [-0.2, -0.15) is 0 Å². The number of likely N-dealkylation sites (tertiary alicyclic amines) is 1. The van der Waals surface area contributed by atoms with Crippen molar-refractivity contribution in [3.8, 4) is 0 Å². The summed E-state index contributed by atoms with van der Waals surface area (Å²) in [6.07, 6.45) is 8.80. The van der Waals surface area contributed by atoms with Gasteiger partial charge in [-0.25, -0.2) is 0 Å². The maximum atomic E-state index is 2.70. The molecule has 0 bridgehead atoms. The molecule has 134 valence electrons. The standard InChI is InChI=1S/C24H28N2/c1-2-7-22-18-19(17-21(22)6-1)9-13-25-14-11-23(12-15-25)26-16-10-20-5-3-4-8-24(20)26/h1-8,10,16,19,23H,9,11-15,17-18H2. The first-order valence-corrected chi connectivity index (χ1v) is 10.2. The lowest BCUT2D eigenvalue weighted by atomic mass is 10.00. The molecule has 1 aliphatic carbocycles. The molecule has 1 aromatic heterocycles. The fourth-order valence-electron chi connectivity index (χ4n) is 5.06. The number of hydrogen-bond acceptors (Lipinski definition) is 1. The molecule has 2 heteroatoms. The van der Waals surface area contributed by atoms with Gasteiger partial charge in [0, 0.05) is 30.8 Å². The van der Waals surface area contributed by atoms with Gasteiger partial charge in [-0.1, -0.05) is 42.5 Å². The summed E-state index contributed by atoms with van der Waals surface area (Å²) < 4.78 is 2.51.